The zero-order valence-corrected chi connectivity index (χ0v) is 13.8. The van der Waals surface area contributed by atoms with Crippen LogP contribution in [0.5, 0.6) is 0 Å². The summed E-state index contributed by atoms with van der Waals surface area (Å²) >= 11 is 0. The minimum Gasteiger partial charge on any atom is -0.338 e. The Labute approximate surface area is 141 Å². The molecular weight excluding hydrogens is 298 g/mol. The molecule has 4 rings (SSSR count). The van der Waals surface area contributed by atoms with E-state index in [0.717, 1.165) is 37.6 Å². The molecule has 0 aliphatic carbocycles. The predicted octanol–water partition coefficient (Wildman–Crippen LogP) is 3.02. The van der Waals surface area contributed by atoms with Gasteiger partial charge >= 0.3 is 0 Å². The van der Waals surface area contributed by atoms with Crippen LogP contribution in [0.3, 0.4) is 0 Å². The fourth-order valence-electron chi connectivity index (χ4n) is 3.17. The first-order valence-corrected chi connectivity index (χ1v) is 8.31. The molecule has 3 aromatic rings. The molecule has 0 unspecified atom stereocenters. The van der Waals surface area contributed by atoms with Crippen molar-refractivity contribution < 1.29 is 0 Å². The molecular formula is C19H21N5. The molecule has 0 amide bonds. The van der Waals surface area contributed by atoms with Crippen LogP contribution in [0.4, 0.5) is 11.5 Å². The topological polar surface area (TPSA) is 54.8 Å². The molecule has 1 aliphatic rings. The van der Waals surface area contributed by atoms with Gasteiger partial charge in [-0.3, -0.25) is 9.67 Å². The number of aryl methyl sites for hydroxylation is 1. The van der Waals surface area contributed by atoms with Crippen molar-refractivity contribution in [3.63, 3.8) is 0 Å². The van der Waals surface area contributed by atoms with E-state index in [-0.39, 0.29) is 0 Å². The highest BCUT2D eigenvalue weighted by molar-refractivity contribution is 5.61. The average Bonchev–Trinajstić information content (AvgIpc) is 2.94. The highest BCUT2D eigenvalue weighted by atomic mass is 15.3. The summed E-state index contributed by atoms with van der Waals surface area (Å²) in [5.41, 5.74) is 6.13. The van der Waals surface area contributed by atoms with Crippen LogP contribution < -0.4 is 10.6 Å². The number of benzene rings is 1. The van der Waals surface area contributed by atoms with Crippen molar-refractivity contribution in [3.8, 4) is 0 Å². The number of nitrogens with one attached hydrogen (secondary N) is 2. The number of rotatable bonds is 4. The van der Waals surface area contributed by atoms with Crippen molar-refractivity contribution in [2.24, 2.45) is 0 Å². The number of pyridine rings is 1. The van der Waals surface area contributed by atoms with Gasteiger partial charge in [0, 0.05) is 48.8 Å². The van der Waals surface area contributed by atoms with Crippen LogP contribution >= 0.6 is 0 Å². The van der Waals surface area contributed by atoms with Crippen molar-refractivity contribution in [1.82, 2.24) is 20.1 Å². The zero-order valence-electron chi connectivity index (χ0n) is 13.8. The molecule has 0 saturated carbocycles. The SMILES string of the molecule is Cc1cccc(Nc2nn(Cc3ccncc3)c3c2CNCC3)c1. The Bertz CT molecular complexity index is 838. The highest BCUT2D eigenvalue weighted by Gasteiger charge is 2.20. The molecule has 0 atom stereocenters. The molecule has 1 aromatic carbocycles. The van der Waals surface area contributed by atoms with Crippen LogP contribution in [0.1, 0.15) is 22.4 Å². The Morgan fingerprint density at radius 2 is 2.08 bits per heavy atom. The van der Waals surface area contributed by atoms with Gasteiger partial charge in [0.1, 0.15) is 0 Å². The third kappa shape index (κ3) is 3.03. The first kappa shape index (κ1) is 14.9. The van der Waals surface area contributed by atoms with Gasteiger partial charge in [0.05, 0.1) is 6.54 Å². The predicted molar refractivity (Wildman–Crippen MR) is 95.4 cm³/mol. The van der Waals surface area contributed by atoms with E-state index < -0.39 is 0 Å². The Kier molecular flexibility index (Phi) is 4.01. The van der Waals surface area contributed by atoms with Crippen LogP contribution in [0.15, 0.2) is 48.8 Å². The number of hydrogen-bond acceptors (Lipinski definition) is 4. The summed E-state index contributed by atoms with van der Waals surface area (Å²) in [5.74, 6) is 0.955. The van der Waals surface area contributed by atoms with Gasteiger partial charge in [-0.15, -0.1) is 0 Å². The minimum atomic E-state index is 0.778. The number of anilines is 2. The minimum absolute atomic E-state index is 0.778. The second-order valence-corrected chi connectivity index (χ2v) is 6.21. The molecule has 24 heavy (non-hydrogen) atoms. The van der Waals surface area contributed by atoms with E-state index in [2.05, 4.69) is 51.5 Å². The quantitative estimate of drug-likeness (QED) is 0.776. The molecule has 0 fully saturated rings. The van der Waals surface area contributed by atoms with Gasteiger partial charge in [-0.25, -0.2) is 0 Å². The Hall–Kier alpha value is -2.66. The number of hydrogen-bond donors (Lipinski definition) is 2. The maximum atomic E-state index is 4.86. The van der Waals surface area contributed by atoms with E-state index in [0.29, 0.717) is 0 Å². The third-order valence-corrected chi connectivity index (χ3v) is 4.37. The van der Waals surface area contributed by atoms with Gasteiger partial charge in [0.25, 0.3) is 0 Å². The van der Waals surface area contributed by atoms with Gasteiger partial charge in [-0.2, -0.15) is 5.10 Å². The summed E-state index contributed by atoms with van der Waals surface area (Å²) in [6.07, 6.45) is 4.67. The summed E-state index contributed by atoms with van der Waals surface area (Å²) in [4.78, 5) is 4.09. The van der Waals surface area contributed by atoms with Crippen molar-refractivity contribution in [3.05, 3.63) is 71.2 Å². The highest BCUT2D eigenvalue weighted by Crippen LogP contribution is 2.26. The largest absolute Gasteiger partial charge is 0.338 e. The number of nitrogens with zero attached hydrogens (tertiary/aromatic N) is 3. The number of fused-ring (bicyclic) bond motifs is 1. The first-order chi connectivity index (χ1) is 11.8. The van der Waals surface area contributed by atoms with Gasteiger partial charge < -0.3 is 10.6 Å². The van der Waals surface area contributed by atoms with Crippen LogP contribution in [-0.4, -0.2) is 21.3 Å². The van der Waals surface area contributed by atoms with Gasteiger partial charge in [0.2, 0.25) is 0 Å². The Morgan fingerprint density at radius 1 is 1.21 bits per heavy atom. The monoisotopic (exact) mass is 319 g/mol. The molecule has 2 aromatic heterocycles. The van der Waals surface area contributed by atoms with Crippen molar-refractivity contribution >= 4 is 11.5 Å². The van der Waals surface area contributed by atoms with E-state index in [1.54, 1.807) is 0 Å². The Balaban J connectivity index is 1.67. The zero-order chi connectivity index (χ0) is 16.4. The van der Waals surface area contributed by atoms with Crippen LogP contribution in [-0.2, 0) is 19.5 Å². The lowest BCUT2D eigenvalue weighted by molar-refractivity contribution is 0.582. The van der Waals surface area contributed by atoms with Crippen LogP contribution in [0.2, 0.25) is 0 Å². The average molecular weight is 319 g/mol. The van der Waals surface area contributed by atoms with Gasteiger partial charge in [0.15, 0.2) is 5.82 Å². The second kappa shape index (κ2) is 6.45. The number of aromatic nitrogens is 3. The van der Waals surface area contributed by atoms with E-state index >= 15 is 0 Å². The lowest BCUT2D eigenvalue weighted by Crippen LogP contribution is -2.25. The lowest BCUT2D eigenvalue weighted by Gasteiger charge is -2.16. The first-order valence-electron chi connectivity index (χ1n) is 8.31. The molecule has 1 aliphatic heterocycles. The smallest absolute Gasteiger partial charge is 0.157 e. The van der Waals surface area contributed by atoms with Crippen molar-refractivity contribution in [2.75, 3.05) is 11.9 Å². The van der Waals surface area contributed by atoms with Gasteiger partial charge in [-0.05, 0) is 42.3 Å². The third-order valence-electron chi connectivity index (χ3n) is 4.37. The van der Waals surface area contributed by atoms with E-state index in [4.69, 9.17) is 5.10 Å². The fraction of sp³-hybridized carbons (Fsp3) is 0.263. The molecule has 0 bridgehead atoms. The normalized spacial score (nSPS) is 13.5. The molecule has 5 heteroatoms. The van der Waals surface area contributed by atoms with Crippen molar-refractivity contribution in [2.45, 2.75) is 26.4 Å². The van der Waals surface area contributed by atoms with E-state index in [1.807, 2.05) is 24.5 Å². The van der Waals surface area contributed by atoms with Crippen LogP contribution in [0.25, 0.3) is 0 Å². The summed E-state index contributed by atoms with van der Waals surface area (Å²) in [6, 6.07) is 12.5. The maximum Gasteiger partial charge on any atom is 0.157 e. The summed E-state index contributed by atoms with van der Waals surface area (Å²) in [7, 11) is 0. The second-order valence-electron chi connectivity index (χ2n) is 6.21. The molecule has 2 N–H and O–H groups in total. The van der Waals surface area contributed by atoms with E-state index in [9.17, 15) is 0 Å². The molecule has 122 valence electrons. The maximum absolute atomic E-state index is 4.86. The standard InChI is InChI=1S/C19H21N5/c1-14-3-2-4-16(11-14)22-19-17-12-21-10-7-18(17)24(23-19)13-15-5-8-20-9-6-15/h2-6,8-9,11,21H,7,10,12-13H2,1H3,(H,22,23). The molecule has 0 saturated heterocycles. The van der Waals surface area contributed by atoms with Gasteiger partial charge in [-0.1, -0.05) is 12.1 Å². The molecule has 3 heterocycles. The lowest BCUT2D eigenvalue weighted by atomic mass is 10.1. The fourth-order valence-corrected chi connectivity index (χ4v) is 3.17. The molecule has 5 nitrogen and oxygen atoms in total. The molecule has 0 radical (unpaired) electrons. The summed E-state index contributed by atoms with van der Waals surface area (Å²) in [5, 5.41) is 11.8. The molecule has 0 spiro atoms. The summed E-state index contributed by atoms with van der Waals surface area (Å²) < 4.78 is 2.13. The Morgan fingerprint density at radius 3 is 2.92 bits per heavy atom. The van der Waals surface area contributed by atoms with Crippen molar-refractivity contribution in [1.29, 1.82) is 0 Å². The van der Waals surface area contributed by atoms with E-state index in [1.165, 1.54) is 22.4 Å². The van der Waals surface area contributed by atoms with Crippen LogP contribution in [0, 0.1) is 6.92 Å². The summed E-state index contributed by atoms with van der Waals surface area (Å²) in [6.45, 7) is 4.74.